The van der Waals surface area contributed by atoms with Crippen molar-refractivity contribution in [2.24, 2.45) is 0 Å². The lowest BCUT2D eigenvalue weighted by atomic mass is 10.3. The highest BCUT2D eigenvalue weighted by Crippen LogP contribution is 2.39. The topological polar surface area (TPSA) is 77.3 Å². The van der Waals surface area contributed by atoms with Crippen LogP contribution < -0.4 is 10.1 Å². The molecule has 6 nitrogen and oxygen atoms in total. The Labute approximate surface area is 87.6 Å². The molecule has 0 bridgehead atoms. The first-order chi connectivity index (χ1) is 6.70. The monoisotopic (exact) mass is 259 g/mol. The van der Waals surface area contributed by atoms with Crippen molar-refractivity contribution in [2.75, 3.05) is 18.5 Å². The molecule has 0 aliphatic carbocycles. The second kappa shape index (κ2) is 3.41. The Morgan fingerprint density at radius 3 is 3.21 bits per heavy atom. The van der Waals surface area contributed by atoms with Gasteiger partial charge in [0.1, 0.15) is 17.3 Å². The average Bonchev–Trinajstić information content (AvgIpc) is 2.18. The van der Waals surface area contributed by atoms with E-state index >= 15 is 0 Å². The van der Waals surface area contributed by atoms with Crippen LogP contribution in [0.1, 0.15) is 0 Å². The van der Waals surface area contributed by atoms with Crippen molar-refractivity contribution in [3.8, 4) is 5.75 Å². The molecular weight excluding hydrogens is 254 g/mol. The molecule has 0 unspecified atom stereocenters. The first-order valence-electron chi connectivity index (χ1n) is 3.89. The third-order valence-electron chi connectivity index (χ3n) is 1.79. The molecule has 0 saturated heterocycles. The molecule has 1 aliphatic heterocycles. The molecule has 1 aromatic heterocycles. The molecule has 0 saturated carbocycles. The zero-order valence-electron chi connectivity index (χ0n) is 6.99. The second-order valence-electron chi connectivity index (χ2n) is 2.67. The van der Waals surface area contributed by atoms with Gasteiger partial charge in [-0.3, -0.25) is 10.1 Å². The van der Waals surface area contributed by atoms with Crippen LogP contribution in [0.15, 0.2) is 10.7 Å². The van der Waals surface area contributed by atoms with Crippen LogP contribution in [-0.4, -0.2) is 23.1 Å². The predicted octanol–water partition coefficient (Wildman–Crippen LogP) is 1.56. The number of halogens is 1. The first kappa shape index (κ1) is 9.20. The highest BCUT2D eigenvalue weighted by atomic mass is 79.9. The van der Waals surface area contributed by atoms with Crippen molar-refractivity contribution in [3.05, 3.63) is 20.8 Å². The Morgan fingerprint density at radius 1 is 1.71 bits per heavy atom. The van der Waals surface area contributed by atoms with Crippen LogP contribution >= 0.6 is 15.9 Å². The van der Waals surface area contributed by atoms with Gasteiger partial charge in [0.25, 0.3) is 0 Å². The minimum atomic E-state index is -0.505. The number of hydrogen-bond donors (Lipinski definition) is 1. The third-order valence-corrected chi connectivity index (χ3v) is 2.56. The number of nitrogens with one attached hydrogen (secondary N) is 1. The highest BCUT2D eigenvalue weighted by Gasteiger charge is 2.23. The van der Waals surface area contributed by atoms with E-state index in [1.54, 1.807) is 0 Å². The molecule has 1 aromatic rings. The van der Waals surface area contributed by atoms with Crippen LogP contribution in [0.3, 0.4) is 0 Å². The molecule has 2 rings (SSSR count). The minimum Gasteiger partial charge on any atom is -0.486 e. The smallest absolute Gasteiger partial charge is 0.305 e. The van der Waals surface area contributed by atoms with E-state index in [9.17, 15) is 10.1 Å². The average molecular weight is 260 g/mol. The summed E-state index contributed by atoms with van der Waals surface area (Å²) >= 11 is 3.12. The molecule has 0 radical (unpaired) electrons. The molecule has 0 spiro atoms. The zero-order chi connectivity index (χ0) is 10.1. The number of rotatable bonds is 1. The Morgan fingerprint density at radius 2 is 2.50 bits per heavy atom. The number of hydrogen-bond acceptors (Lipinski definition) is 5. The molecule has 0 amide bonds. The highest BCUT2D eigenvalue weighted by molar-refractivity contribution is 9.10. The SMILES string of the molecule is O=[N+]([O-])c1cnc2c(c1Br)OCCN2. The number of nitrogens with zero attached hydrogens (tertiary/aromatic N) is 2. The lowest BCUT2D eigenvalue weighted by molar-refractivity contribution is -0.386. The summed E-state index contributed by atoms with van der Waals surface area (Å²) in [4.78, 5) is 14.0. The lowest BCUT2D eigenvalue weighted by Crippen LogP contribution is -2.19. The van der Waals surface area contributed by atoms with Gasteiger partial charge in [-0.15, -0.1) is 0 Å². The Hall–Kier alpha value is -1.37. The summed E-state index contributed by atoms with van der Waals surface area (Å²) in [5.74, 6) is 0.944. The van der Waals surface area contributed by atoms with Crippen molar-refractivity contribution in [3.63, 3.8) is 0 Å². The van der Waals surface area contributed by atoms with Gasteiger partial charge in [-0.25, -0.2) is 4.98 Å². The van der Waals surface area contributed by atoms with E-state index in [4.69, 9.17) is 4.74 Å². The van der Waals surface area contributed by atoms with E-state index in [-0.39, 0.29) is 5.69 Å². The summed E-state index contributed by atoms with van der Waals surface area (Å²) in [6.45, 7) is 1.14. The molecule has 2 heterocycles. The Bertz CT molecular complexity index is 396. The minimum absolute atomic E-state index is 0.0903. The van der Waals surface area contributed by atoms with Crippen LogP contribution in [-0.2, 0) is 0 Å². The van der Waals surface area contributed by atoms with Gasteiger partial charge in [-0.2, -0.15) is 0 Å². The fourth-order valence-electron chi connectivity index (χ4n) is 1.17. The van der Waals surface area contributed by atoms with E-state index in [1.165, 1.54) is 6.20 Å². The fourth-order valence-corrected chi connectivity index (χ4v) is 1.72. The van der Waals surface area contributed by atoms with Gasteiger partial charge in [-0.1, -0.05) is 0 Å². The summed E-state index contributed by atoms with van der Waals surface area (Å²) in [5, 5.41) is 13.5. The summed E-state index contributed by atoms with van der Waals surface area (Å²) in [5.41, 5.74) is -0.0903. The summed E-state index contributed by atoms with van der Waals surface area (Å²) in [6, 6.07) is 0. The van der Waals surface area contributed by atoms with Crippen LogP contribution in [0.5, 0.6) is 5.75 Å². The normalized spacial score (nSPS) is 13.8. The maximum absolute atomic E-state index is 10.6. The largest absolute Gasteiger partial charge is 0.486 e. The molecule has 1 aliphatic rings. The van der Waals surface area contributed by atoms with Gasteiger partial charge in [0.05, 0.1) is 11.5 Å². The first-order valence-corrected chi connectivity index (χ1v) is 4.69. The number of ether oxygens (including phenoxy) is 1. The maximum Gasteiger partial charge on any atom is 0.305 e. The van der Waals surface area contributed by atoms with Crippen molar-refractivity contribution < 1.29 is 9.66 Å². The van der Waals surface area contributed by atoms with E-state index in [0.29, 0.717) is 29.2 Å². The van der Waals surface area contributed by atoms with E-state index in [1.807, 2.05) is 0 Å². The molecule has 0 aromatic carbocycles. The van der Waals surface area contributed by atoms with Crippen molar-refractivity contribution in [2.45, 2.75) is 0 Å². The van der Waals surface area contributed by atoms with Crippen LogP contribution in [0.4, 0.5) is 11.5 Å². The molecule has 14 heavy (non-hydrogen) atoms. The van der Waals surface area contributed by atoms with Gasteiger partial charge < -0.3 is 10.1 Å². The maximum atomic E-state index is 10.6. The molecular formula is C7H6BrN3O3. The van der Waals surface area contributed by atoms with E-state index in [2.05, 4.69) is 26.2 Å². The fraction of sp³-hybridized carbons (Fsp3) is 0.286. The number of pyridine rings is 1. The molecule has 7 heteroatoms. The lowest BCUT2D eigenvalue weighted by Gasteiger charge is -2.18. The van der Waals surface area contributed by atoms with Crippen LogP contribution in [0.25, 0.3) is 0 Å². The van der Waals surface area contributed by atoms with Crippen molar-refractivity contribution in [1.29, 1.82) is 0 Å². The molecule has 0 fully saturated rings. The Balaban J connectivity index is 2.54. The quantitative estimate of drug-likeness (QED) is 0.612. The Kier molecular flexibility index (Phi) is 2.24. The van der Waals surface area contributed by atoms with Crippen molar-refractivity contribution in [1.82, 2.24) is 4.98 Å². The number of fused-ring (bicyclic) bond motifs is 1. The number of anilines is 1. The predicted molar refractivity (Wildman–Crippen MR) is 52.6 cm³/mol. The van der Waals surface area contributed by atoms with E-state index in [0.717, 1.165) is 0 Å². The number of nitro groups is 1. The summed E-state index contributed by atoms with van der Waals surface area (Å²) in [6.07, 6.45) is 1.20. The standard InChI is InChI=1S/C7H6BrN3O3/c8-5-4(11(12)13)3-10-7-6(5)14-2-1-9-7/h3H,1-2H2,(H,9,10). The van der Waals surface area contributed by atoms with Gasteiger partial charge >= 0.3 is 5.69 Å². The van der Waals surface area contributed by atoms with Crippen LogP contribution in [0.2, 0.25) is 0 Å². The van der Waals surface area contributed by atoms with Gasteiger partial charge in [0, 0.05) is 0 Å². The molecule has 1 N–H and O–H groups in total. The summed E-state index contributed by atoms with van der Waals surface area (Å²) in [7, 11) is 0. The zero-order valence-corrected chi connectivity index (χ0v) is 8.57. The van der Waals surface area contributed by atoms with E-state index < -0.39 is 4.92 Å². The third kappa shape index (κ3) is 1.39. The number of aromatic nitrogens is 1. The van der Waals surface area contributed by atoms with Gasteiger partial charge in [0.2, 0.25) is 0 Å². The van der Waals surface area contributed by atoms with Crippen molar-refractivity contribution >= 4 is 27.4 Å². The van der Waals surface area contributed by atoms with Gasteiger partial charge in [-0.05, 0) is 15.9 Å². The van der Waals surface area contributed by atoms with Gasteiger partial charge in [0.15, 0.2) is 11.6 Å². The summed E-state index contributed by atoms with van der Waals surface area (Å²) < 4.78 is 5.60. The van der Waals surface area contributed by atoms with Crippen LogP contribution in [0, 0.1) is 10.1 Å². The molecule has 0 atom stereocenters. The second-order valence-corrected chi connectivity index (χ2v) is 3.46. The molecule has 74 valence electrons.